The minimum atomic E-state index is -0.992. The number of hydrogen-bond donors (Lipinski definition) is 1. The van der Waals surface area contributed by atoms with E-state index in [9.17, 15) is 18.0 Å². The average Bonchev–Trinajstić information content (AvgIpc) is 2.95. The molecule has 4 rings (SSSR count). The summed E-state index contributed by atoms with van der Waals surface area (Å²) in [5.41, 5.74) is 0.552. The summed E-state index contributed by atoms with van der Waals surface area (Å²) >= 11 is 0. The van der Waals surface area contributed by atoms with Gasteiger partial charge in [0.1, 0.15) is 11.6 Å². The number of hydrogen-bond acceptors (Lipinski definition) is 4. The second-order valence-electron chi connectivity index (χ2n) is 5.80. The Kier molecular flexibility index (Phi) is 4.11. The molecule has 0 unspecified atom stereocenters. The van der Waals surface area contributed by atoms with Crippen molar-refractivity contribution in [3.05, 3.63) is 88.2 Å². The molecule has 0 aliphatic heterocycles. The summed E-state index contributed by atoms with van der Waals surface area (Å²) < 4.78 is 41.7. The van der Waals surface area contributed by atoms with E-state index in [4.69, 9.17) is 0 Å². The van der Waals surface area contributed by atoms with E-state index in [1.807, 2.05) is 0 Å². The molecule has 6 nitrogen and oxygen atoms in total. The molecule has 2 aromatic heterocycles. The van der Waals surface area contributed by atoms with Crippen molar-refractivity contribution in [1.29, 1.82) is 0 Å². The Labute approximate surface area is 150 Å². The molecule has 4 aromatic rings. The normalized spacial score (nSPS) is 11.1. The Morgan fingerprint density at radius 3 is 2.48 bits per heavy atom. The van der Waals surface area contributed by atoms with Crippen molar-refractivity contribution >= 4 is 17.3 Å². The first-order chi connectivity index (χ1) is 13.0. The van der Waals surface area contributed by atoms with Crippen LogP contribution in [0.2, 0.25) is 0 Å². The van der Waals surface area contributed by atoms with Gasteiger partial charge in [-0.2, -0.15) is 4.98 Å². The Morgan fingerprint density at radius 1 is 0.963 bits per heavy atom. The number of nitrogens with zero attached hydrogens (tertiary/aromatic N) is 4. The van der Waals surface area contributed by atoms with Gasteiger partial charge in [-0.25, -0.2) is 27.0 Å². The molecule has 9 heteroatoms. The largest absolute Gasteiger partial charge is 0.351 e. The standard InChI is InChI=1S/C18H12F3N5O/c19-12-2-4-13(5-3-12)22-16-7-8-25-17(23-16)24-26(18(25)27)10-11-1-6-14(20)15(21)9-11/h1-9H,10H2,(H,22,23,24). The molecule has 0 spiro atoms. The Balaban J connectivity index is 1.63. The minimum absolute atomic E-state index is 0.0277. The van der Waals surface area contributed by atoms with Crippen LogP contribution in [0.15, 0.2) is 59.5 Å². The summed E-state index contributed by atoms with van der Waals surface area (Å²) in [4.78, 5) is 16.6. The first kappa shape index (κ1) is 16.8. The predicted molar refractivity (Wildman–Crippen MR) is 92.4 cm³/mol. The smallest absolute Gasteiger partial charge is 0.340 e. The van der Waals surface area contributed by atoms with Crippen molar-refractivity contribution in [3.63, 3.8) is 0 Å². The molecule has 0 fully saturated rings. The van der Waals surface area contributed by atoms with E-state index < -0.39 is 17.3 Å². The average molecular weight is 371 g/mol. The number of anilines is 2. The van der Waals surface area contributed by atoms with Gasteiger partial charge < -0.3 is 5.32 Å². The highest BCUT2D eigenvalue weighted by molar-refractivity contribution is 5.57. The Morgan fingerprint density at radius 2 is 1.74 bits per heavy atom. The Bertz CT molecular complexity index is 1180. The molecule has 2 heterocycles. The quantitative estimate of drug-likeness (QED) is 0.599. The van der Waals surface area contributed by atoms with Crippen LogP contribution in [0.5, 0.6) is 0 Å². The summed E-state index contributed by atoms with van der Waals surface area (Å²) in [6.45, 7) is -0.0277. The van der Waals surface area contributed by atoms with Gasteiger partial charge in [0.2, 0.25) is 0 Å². The number of fused-ring (bicyclic) bond motifs is 1. The second kappa shape index (κ2) is 6.60. The zero-order valence-corrected chi connectivity index (χ0v) is 13.7. The van der Waals surface area contributed by atoms with Crippen molar-refractivity contribution in [1.82, 2.24) is 19.2 Å². The van der Waals surface area contributed by atoms with Crippen molar-refractivity contribution in [2.24, 2.45) is 0 Å². The molecule has 0 atom stereocenters. The highest BCUT2D eigenvalue weighted by Crippen LogP contribution is 2.15. The lowest BCUT2D eigenvalue weighted by Gasteiger charge is -2.04. The summed E-state index contributed by atoms with van der Waals surface area (Å²) in [6, 6.07) is 10.7. The first-order valence-corrected chi connectivity index (χ1v) is 7.92. The third kappa shape index (κ3) is 3.39. The molecule has 0 bridgehead atoms. The van der Waals surface area contributed by atoms with E-state index in [1.165, 1.54) is 28.8 Å². The molecular formula is C18H12F3N5O. The zero-order valence-electron chi connectivity index (χ0n) is 13.7. The Hall–Kier alpha value is -3.62. The number of benzene rings is 2. The van der Waals surface area contributed by atoms with Gasteiger partial charge in [-0.05, 0) is 48.0 Å². The van der Waals surface area contributed by atoms with Crippen LogP contribution in [0.1, 0.15) is 5.56 Å². The van der Waals surface area contributed by atoms with Crippen molar-refractivity contribution in [3.8, 4) is 0 Å². The lowest BCUT2D eigenvalue weighted by atomic mass is 10.2. The molecule has 1 N–H and O–H groups in total. The fraction of sp³-hybridized carbons (Fsp3) is 0.0556. The second-order valence-corrected chi connectivity index (χ2v) is 5.80. The molecule has 2 aromatic carbocycles. The van der Waals surface area contributed by atoms with Crippen LogP contribution in [0.25, 0.3) is 5.78 Å². The van der Waals surface area contributed by atoms with Crippen LogP contribution < -0.4 is 11.0 Å². The molecule has 0 radical (unpaired) electrons. The highest BCUT2D eigenvalue weighted by atomic mass is 19.2. The molecule has 0 aliphatic rings. The van der Waals surface area contributed by atoms with E-state index in [1.54, 1.807) is 18.2 Å². The van der Waals surface area contributed by atoms with Crippen LogP contribution in [0.3, 0.4) is 0 Å². The van der Waals surface area contributed by atoms with Gasteiger partial charge in [0.15, 0.2) is 11.6 Å². The zero-order chi connectivity index (χ0) is 19.0. The monoisotopic (exact) mass is 371 g/mol. The third-order valence-electron chi connectivity index (χ3n) is 3.89. The van der Waals surface area contributed by atoms with Crippen LogP contribution >= 0.6 is 0 Å². The maximum atomic E-state index is 13.3. The molecule has 0 aliphatic carbocycles. The topological polar surface area (TPSA) is 64.2 Å². The molecule has 0 saturated heterocycles. The van der Waals surface area contributed by atoms with Gasteiger partial charge >= 0.3 is 5.69 Å². The molecule has 136 valence electrons. The number of rotatable bonds is 4. The van der Waals surface area contributed by atoms with Gasteiger partial charge in [0.05, 0.1) is 6.54 Å². The molecule has 27 heavy (non-hydrogen) atoms. The third-order valence-corrected chi connectivity index (χ3v) is 3.89. The lowest BCUT2D eigenvalue weighted by Crippen LogP contribution is -2.21. The van der Waals surface area contributed by atoms with Gasteiger partial charge in [-0.1, -0.05) is 6.07 Å². The van der Waals surface area contributed by atoms with E-state index in [-0.39, 0.29) is 18.1 Å². The van der Waals surface area contributed by atoms with Crippen LogP contribution in [0.4, 0.5) is 24.7 Å². The summed E-state index contributed by atoms with van der Waals surface area (Å²) in [5.74, 6) is -1.76. The molecule has 0 amide bonds. The first-order valence-electron chi connectivity index (χ1n) is 7.92. The summed E-state index contributed by atoms with van der Waals surface area (Å²) in [5, 5.41) is 7.10. The number of halogens is 3. The fourth-order valence-corrected chi connectivity index (χ4v) is 2.57. The van der Waals surface area contributed by atoms with Gasteiger partial charge in [0, 0.05) is 11.9 Å². The molecular weight excluding hydrogens is 359 g/mol. The predicted octanol–water partition coefficient (Wildman–Crippen LogP) is 3.10. The number of nitrogens with one attached hydrogen (secondary N) is 1. The minimum Gasteiger partial charge on any atom is -0.340 e. The van der Waals surface area contributed by atoms with E-state index in [0.29, 0.717) is 17.1 Å². The SMILES string of the molecule is O=c1n(Cc2ccc(F)c(F)c2)nc2nc(Nc3ccc(F)cc3)ccn12. The van der Waals surface area contributed by atoms with E-state index >= 15 is 0 Å². The van der Waals surface area contributed by atoms with Gasteiger partial charge in [-0.15, -0.1) is 5.10 Å². The van der Waals surface area contributed by atoms with Crippen LogP contribution in [-0.2, 0) is 6.54 Å². The van der Waals surface area contributed by atoms with Gasteiger partial charge in [-0.3, -0.25) is 0 Å². The van der Waals surface area contributed by atoms with Crippen molar-refractivity contribution < 1.29 is 13.2 Å². The summed E-state index contributed by atoms with van der Waals surface area (Å²) in [7, 11) is 0. The fourth-order valence-electron chi connectivity index (χ4n) is 2.57. The van der Waals surface area contributed by atoms with E-state index in [0.717, 1.165) is 16.8 Å². The van der Waals surface area contributed by atoms with Crippen molar-refractivity contribution in [2.45, 2.75) is 6.54 Å². The van der Waals surface area contributed by atoms with Gasteiger partial charge in [0.25, 0.3) is 5.78 Å². The highest BCUT2D eigenvalue weighted by Gasteiger charge is 2.11. The maximum absolute atomic E-state index is 13.3. The van der Waals surface area contributed by atoms with Crippen molar-refractivity contribution in [2.75, 3.05) is 5.32 Å². The summed E-state index contributed by atoms with van der Waals surface area (Å²) in [6.07, 6.45) is 1.49. The maximum Gasteiger partial charge on any atom is 0.351 e. The lowest BCUT2D eigenvalue weighted by molar-refractivity contribution is 0.505. The molecule has 0 saturated carbocycles. The van der Waals surface area contributed by atoms with Crippen LogP contribution in [0, 0.1) is 17.5 Å². The number of aromatic nitrogens is 4. The van der Waals surface area contributed by atoms with Crippen LogP contribution in [-0.4, -0.2) is 19.2 Å². The van der Waals surface area contributed by atoms with E-state index in [2.05, 4.69) is 15.4 Å².